The third-order valence-electron chi connectivity index (χ3n) is 3.97. The maximum absolute atomic E-state index is 12.2. The quantitative estimate of drug-likeness (QED) is 0.870. The summed E-state index contributed by atoms with van der Waals surface area (Å²) in [5.41, 5.74) is 3.91. The van der Waals surface area contributed by atoms with Crippen molar-refractivity contribution in [3.8, 4) is 0 Å². The number of carbonyl (C=O) groups is 2. The summed E-state index contributed by atoms with van der Waals surface area (Å²) >= 11 is 0. The molecule has 126 valence electrons. The first-order valence-electron chi connectivity index (χ1n) is 8.16. The van der Waals surface area contributed by atoms with E-state index in [1.54, 1.807) is 11.9 Å². The van der Waals surface area contributed by atoms with Crippen LogP contribution in [0.4, 0.5) is 11.4 Å². The highest BCUT2D eigenvalue weighted by atomic mass is 16.2. The normalized spacial score (nSPS) is 10.3. The minimum Gasteiger partial charge on any atom is -0.326 e. The van der Waals surface area contributed by atoms with Crippen LogP contribution in [0.3, 0.4) is 0 Å². The summed E-state index contributed by atoms with van der Waals surface area (Å²) in [6.45, 7) is 3.99. The van der Waals surface area contributed by atoms with Crippen molar-refractivity contribution in [1.29, 1.82) is 0 Å². The molecule has 0 bridgehead atoms. The van der Waals surface area contributed by atoms with E-state index in [0.29, 0.717) is 19.3 Å². The predicted octanol–water partition coefficient (Wildman–Crippen LogP) is 4.08. The van der Waals surface area contributed by atoms with E-state index >= 15 is 0 Å². The third-order valence-corrected chi connectivity index (χ3v) is 3.97. The van der Waals surface area contributed by atoms with Gasteiger partial charge in [0.25, 0.3) is 0 Å². The van der Waals surface area contributed by atoms with Gasteiger partial charge in [0.1, 0.15) is 0 Å². The minimum atomic E-state index is -0.0582. The Morgan fingerprint density at radius 1 is 1.00 bits per heavy atom. The minimum absolute atomic E-state index is 0.0144. The molecule has 24 heavy (non-hydrogen) atoms. The van der Waals surface area contributed by atoms with Crippen molar-refractivity contribution in [2.45, 2.75) is 33.1 Å². The first-order chi connectivity index (χ1) is 11.5. The van der Waals surface area contributed by atoms with E-state index in [0.717, 1.165) is 16.9 Å². The molecular formula is C20H24N2O2. The summed E-state index contributed by atoms with van der Waals surface area (Å²) in [7, 11) is 1.76. The zero-order chi connectivity index (χ0) is 17.5. The van der Waals surface area contributed by atoms with E-state index in [4.69, 9.17) is 0 Å². The van der Waals surface area contributed by atoms with E-state index in [1.165, 1.54) is 5.56 Å². The molecule has 0 aliphatic carbocycles. The third kappa shape index (κ3) is 4.95. The van der Waals surface area contributed by atoms with Crippen LogP contribution < -0.4 is 10.2 Å². The van der Waals surface area contributed by atoms with Gasteiger partial charge in [-0.2, -0.15) is 0 Å². The predicted molar refractivity (Wildman–Crippen MR) is 98.2 cm³/mol. The van der Waals surface area contributed by atoms with Crippen LogP contribution in [-0.4, -0.2) is 18.9 Å². The fourth-order valence-electron chi connectivity index (χ4n) is 2.53. The van der Waals surface area contributed by atoms with Gasteiger partial charge in [-0.3, -0.25) is 9.59 Å². The highest BCUT2D eigenvalue weighted by Gasteiger charge is 2.12. The molecule has 1 N–H and O–H groups in total. The molecule has 0 fully saturated rings. The number of hydrogen-bond donors (Lipinski definition) is 1. The lowest BCUT2D eigenvalue weighted by molar-refractivity contribution is -0.118. The molecule has 4 heteroatoms. The highest BCUT2D eigenvalue weighted by Crippen LogP contribution is 2.17. The standard InChI is InChI=1S/C20H24N2O2/c1-15-12-13-18(16(2)14-15)21-19(23)10-7-11-20(24)22(3)17-8-5-4-6-9-17/h4-6,8-9,12-14H,7,10-11H2,1-3H3,(H,21,23). The molecule has 2 aromatic carbocycles. The Hall–Kier alpha value is -2.62. The maximum atomic E-state index is 12.2. The maximum Gasteiger partial charge on any atom is 0.226 e. The fraction of sp³-hybridized carbons (Fsp3) is 0.300. The first-order valence-corrected chi connectivity index (χ1v) is 8.16. The fourth-order valence-corrected chi connectivity index (χ4v) is 2.53. The van der Waals surface area contributed by atoms with Crippen molar-refractivity contribution in [1.82, 2.24) is 0 Å². The van der Waals surface area contributed by atoms with Gasteiger partial charge in [-0.1, -0.05) is 35.9 Å². The van der Waals surface area contributed by atoms with Gasteiger partial charge in [0.05, 0.1) is 0 Å². The van der Waals surface area contributed by atoms with E-state index in [1.807, 2.05) is 62.4 Å². The van der Waals surface area contributed by atoms with E-state index in [9.17, 15) is 9.59 Å². The lowest BCUT2D eigenvalue weighted by Gasteiger charge is -2.17. The Kier molecular flexibility index (Phi) is 6.13. The molecule has 0 unspecified atom stereocenters. The summed E-state index contributed by atoms with van der Waals surface area (Å²) in [6.07, 6.45) is 1.22. The number of nitrogens with zero attached hydrogens (tertiary/aromatic N) is 1. The monoisotopic (exact) mass is 324 g/mol. The van der Waals surface area contributed by atoms with Gasteiger partial charge in [0.15, 0.2) is 0 Å². The number of para-hydroxylation sites is 1. The van der Waals surface area contributed by atoms with Crippen LogP contribution in [0.15, 0.2) is 48.5 Å². The number of carbonyl (C=O) groups excluding carboxylic acids is 2. The molecule has 0 spiro atoms. The van der Waals surface area contributed by atoms with Gasteiger partial charge in [-0.05, 0) is 44.0 Å². The number of benzene rings is 2. The Balaban J connectivity index is 1.79. The summed E-state index contributed by atoms with van der Waals surface area (Å²) in [5.74, 6) is -0.0439. The SMILES string of the molecule is Cc1ccc(NC(=O)CCCC(=O)N(C)c2ccccc2)c(C)c1. The summed E-state index contributed by atoms with van der Waals surface area (Å²) < 4.78 is 0. The van der Waals surface area contributed by atoms with Gasteiger partial charge >= 0.3 is 0 Å². The first kappa shape index (κ1) is 17.7. The highest BCUT2D eigenvalue weighted by molar-refractivity contribution is 5.94. The van der Waals surface area contributed by atoms with E-state index in [-0.39, 0.29) is 11.8 Å². The molecule has 4 nitrogen and oxygen atoms in total. The molecule has 0 radical (unpaired) electrons. The topological polar surface area (TPSA) is 49.4 Å². The lowest BCUT2D eigenvalue weighted by Crippen LogP contribution is -2.26. The smallest absolute Gasteiger partial charge is 0.226 e. The molecule has 0 aliphatic rings. The molecule has 0 saturated heterocycles. The van der Waals surface area contributed by atoms with Crippen molar-refractivity contribution in [3.63, 3.8) is 0 Å². The molecular weight excluding hydrogens is 300 g/mol. The van der Waals surface area contributed by atoms with Crippen LogP contribution in [-0.2, 0) is 9.59 Å². The molecule has 2 amide bonds. The van der Waals surface area contributed by atoms with Gasteiger partial charge in [0, 0.05) is 31.3 Å². The van der Waals surface area contributed by atoms with Gasteiger partial charge in [-0.25, -0.2) is 0 Å². The number of rotatable bonds is 6. The lowest BCUT2D eigenvalue weighted by atomic mass is 10.1. The number of amides is 2. The molecule has 2 rings (SSSR count). The number of anilines is 2. The second kappa shape index (κ2) is 8.29. The van der Waals surface area contributed by atoms with Crippen molar-refractivity contribution in [3.05, 3.63) is 59.7 Å². The van der Waals surface area contributed by atoms with Crippen molar-refractivity contribution < 1.29 is 9.59 Å². The van der Waals surface area contributed by atoms with E-state index < -0.39 is 0 Å². The molecule has 0 aromatic heterocycles. The average molecular weight is 324 g/mol. The van der Waals surface area contributed by atoms with Crippen molar-refractivity contribution in [2.24, 2.45) is 0 Å². The Morgan fingerprint density at radius 2 is 1.71 bits per heavy atom. The molecule has 2 aromatic rings. The van der Waals surface area contributed by atoms with E-state index in [2.05, 4.69) is 5.32 Å². The second-order valence-electron chi connectivity index (χ2n) is 6.01. The summed E-state index contributed by atoms with van der Waals surface area (Å²) in [6, 6.07) is 15.4. The molecule has 0 saturated carbocycles. The van der Waals surface area contributed by atoms with Gasteiger partial charge in [0.2, 0.25) is 11.8 Å². The van der Waals surface area contributed by atoms with Crippen LogP contribution in [0.2, 0.25) is 0 Å². The zero-order valence-electron chi connectivity index (χ0n) is 14.5. The molecule has 0 heterocycles. The summed E-state index contributed by atoms with van der Waals surface area (Å²) in [4.78, 5) is 25.8. The second-order valence-corrected chi connectivity index (χ2v) is 6.01. The number of nitrogens with one attached hydrogen (secondary N) is 1. The van der Waals surface area contributed by atoms with Crippen LogP contribution >= 0.6 is 0 Å². The Bertz CT molecular complexity index is 711. The van der Waals surface area contributed by atoms with Crippen LogP contribution in [0.1, 0.15) is 30.4 Å². The van der Waals surface area contributed by atoms with Crippen LogP contribution in [0, 0.1) is 13.8 Å². The van der Waals surface area contributed by atoms with Gasteiger partial charge < -0.3 is 10.2 Å². The van der Waals surface area contributed by atoms with Gasteiger partial charge in [-0.15, -0.1) is 0 Å². The zero-order valence-corrected chi connectivity index (χ0v) is 14.5. The largest absolute Gasteiger partial charge is 0.326 e. The number of aryl methyl sites for hydroxylation is 2. The molecule has 0 atom stereocenters. The Labute approximate surface area is 143 Å². The Morgan fingerprint density at radius 3 is 2.38 bits per heavy atom. The van der Waals surface area contributed by atoms with Crippen molar-refractivity contribution >= 4 is 23.2 Å². The number of hydrogen-bond acceptors (Lipinski definition) is 2. The average Bonchev–Trinajstić information content (AvgIpc) is 2.57. The summed E-state index contributed by atoms with van der Waals surface area (Å²) in [5, 5.41) is 2.91. The van der Waals surface area contributed by atoms with Crippen LogP contribution in [0.25, 0.3) is 0 Å². The van der Waals surface area contributed by atoms with Crippen LogP contribution in [0.5, 0.6) is 0 Å². The van der Waals surface area contributed by atoms with Crippen molar-refractivity contribution in [2.75, 3.05) is 17.3 Å². The molecule has 0 aliphatic heterocycles.